The molecule has 0 atom stereocenters. The Balaban J connectivity index is 3.16. The molecule has 0 saturated heterocycles. The molecule has 0 radical (unpaired) electrons. The quantitative estimate of drug-likeness (QED) is 0.748. The van der Waals surface area contributed by atoms with E-state index in [0.717, 1.165) is 0 Å². The average Bonchev–Trinajstić information content (AvgIpc) is 2.32. The SMILES string of the molecule is O=C(O)c1c[te]cc1C(=O)O. The molecular formula is C6H4O4Te. The summed E-state index contributed by atoms with van der Waals surface area (Å²) in [6.45, 7) is 0. The van der Waals surface area contributed by atoms with Crippen LogP contribution in [0, 0.1) is 0 Å². The molecule has 1 aromatic rings. The first-order chi connectivity index (χ1) is 5.13. The Labute approximate surface area is 71.7 Å². The maximum absolute atomic E-state index is 10.4. The van der Waals surface area contributed by atoms with Crippen LogP contribution < -0.4 is 0 Å². The monoisotopic (exact) mass is 270 g/mol. The zero-order valence-corrected chi connectivity index (χ0v) is 7.60. The van der Waals surface area contributed by atoms with Crippen LogP contribution in [0.2, 0.25) is 0 Å². The second kappa shape index (κ2) is 3.07. The molecule has 0 bridgehead atoms. The summed E-state index contributed by atoms with van der Waals surface area (Å²) in [5.74, 6) is -2.30. The predicted molar refractivity (Wildman–Crippen MR) is 37.3 cm³/mol. The van der Waals surface area contributed by atoms with Gasteiger partial charge in [-0.1, -0.05) is 0 Å². The van der Waals surface area contributed by atoms with Gasteiger partial charge in [-0.05, 0) is 0 Å². The molecule has 1 aromatic heterocycles. The van der Waals surface area contributed by atoms with Gasteiger partial charge in [-0.25, -0.2) is 0 Å². The van der Waals surface area contributed by atoms with Crippen molar-refractivity contribution in [1.82, 2.24) is 0 Å². The van der Waals surface area contributed by atoms with Crippen molar-refractivity contribution in [2.75, 3.05) is 0 Å². The van der Waals surface area contributed by atoms with Crippen LogP contribution in [0.4, 0.5) is 0 Å². The molecule has 11 heavy (non-hydrogen) atoms. The van der Waals surface area contributed by atoms with E-state index in [9.17, 15) is 9.59 Å². The van der Waals surface area contributed by atoms with Gasteiger partial charge < -0.3 is 0 Å². The van der Waals surface area contributed by atoms with Crippen molar-refractivity contribution in [3.63, 3.8) is 0 Å². The van der Waals surface area contributed by atoms with Gasteiger partial charge in [0.15, 0.2) is 0 Å². The van der Waals surface area contributed by atoms with E-state index in [1.807, 2.05) is 0 Å². The van der Waals surface area contributed by atoms with Crippen LogP contribution in [-0.2, 0) is 0 Å². The Bertz CT molecular complexity index is 273. The van der Waals surface area contributed by atoms with Gasteiger partial charge in [0.25, 0.3) is 0 Å². The summed E-state index contributed by atoms with van der Waals surface area (Å²) in [6.07, 6.45) is 0. The molecule has 0 saturated carbocycles. The van der Waals surface area contributed by atoms with E-state index in [0.29, 0.717) is 0 Å². The van der Waals surface area contributed by atoms with E-state index in [2.05, 4.69) is 0 Å². The van der Waals surface area contributed by atoms with Crippen LogP contribution >= 0.6 is 0 Å². The topological polar surface area (TPSA) is 74.6 Å². The number of hydrogen-bond acceptors (Lipinski definition) is 2. The molecule has 0 unspecified atom stereocenters. The fourth-order valence-electron chi connectivity index (χ4n) is 0.628. The van der Waals surface area contributed by atoms with Gasteiger partial charge in [0.05, 0.1) is 0 Å². The molecule has 0 aliphatic rings. The predicted octanol–water partition coefficient (Wildman–Crippen LogP) is 0.140. The summed E-state index contributed by atoms with van der Waals surface area (Å²) in [4.78, 5) is 20.7. The van der Waals surface area contributed by atoms with Gasteiger partial charge in [-0.2, -0.15) is 0 Å². The molecule has 58 valence electrons. The number of carbonyl (C=O) groups is 2. The van der Waals surface area contributed by atoms with Crippen molar-refractivity contribution in [3.8, 4) is 0 Å². The molecule has 0 aromatic carbocycles. The van der Waals surface area contributed by atoms with Gasteiger partial charge in [-0.15, -0.1) is 0 Å². The summed E-state index contributed by atoms with van der Waals surface area (Å²) in [5, 5.41) is 17.0. The zero-order valence-electron chi connectivity index (χ0n) is 5.27. The number of carboxylic acid groups (broad SMARTS) is 2. The fraction of sp³-hybridized carbons (Fsp3) is 0. The number of aromatic carboxylic acids is 2. The number of rotatable bonds is 2. The van der Waals surface area contributed by atoms with Gasteiger partial charge in [-0.3, -0.25) is 0 Å². The van der Waals surface area contributed by atoms with Crippen LogP contribution in [0.5, 0.6) is 0 Å². The van der Waals surface area contributed by atoms with Crippen LogP contribution in [0.15, 0.2) is 8.16 Å². The summed E-state index contributed by atoms with van der Waals surface area (Å²) < 4.78 is 3.02. The van der Waals surface area contributed by atoms with Crippen molar-refractivity contribution in [3.05, 3.63) is 19.3 Å². The van der Waals surface area contributed by atoms with Crippen molar-refractivity contribution in [2.45, 2.75) is 0 Å². The molecule has 0 aliphatic heterocycles. The Morgan fingerprint density at radius 2 is 1.45 bits per heavy atom. The minimum atomic E-state index is -1.15. The first-order valence-corrected chi connectivity index (χ1v) is 5.35. The minimum absolute atomic E-state index is 0.0556. The summed E-state index contributed by atoms with van der Waals surface area (Å²) in [5.41, 5.74) is -0.111. The third-order valence-electron chi connectivity index (χ3n) is 1.12. The average molecular weight is 268 g/mol. The molecular weight excluding hydrogens is 264 g/mol. The molecule has 5 heteroatoms. The van der Waals surface area contributed by atoms with E-state index in [1.165, 1.54) is 8.16 Å². The third-order valence-corrected chi connectivity index (χ3v) is 3.24. The first kappa shape index (κ1) is 8.31. The molecule has 0 amide bonds. The van der Waals surface area contributed by atoms with E-state index in [1.54, 1.807) is 0 Å². The summed E-state index contributed by atoms with van der Waals surface area (Å²) >= 11 is -0.652. The van der Waals surface area contributed by atoms with E-state index < -0.39 is 32.4 Å². The molecule has 0 spiro atoms. The van der Waals surface area contributed by atoms with Crippen LogP contribution in [0.1, 0.15) is 20.7 Å². The van der Waals surface area contributed by atoms with Crippen LogP contribution in [0.25, 0.3) is 0 Å². The second-order valence-electron chi connectivity index (χ2n) is 1.81. The maximum atomic E-state index is 10.4. The molecule has 4 nitrogen and oxygen atoms in total. The van der Waals surface area contributed by atoms with Crippen molar-refractivity contribution in [1.29, 1.82) is 0 Å². The van der Waals surface area contributed by atoms with Crippen molar-refractivity contribution < 1.29 is 19.8 Å². The van der Waals surface area contributed by atoms with E-state index in [4.69, 9.17) is 10.2 Å². The molecule has 1 heterocycles. The Hall–Kier alpha value is -0.790. The standard InChI is InChI=1S/C6H4O4Te/c7-5(8)3-1-11-2-4(3)6(9)10/h1-2H,(H,7,8)(H,9,10). The zero-order chi connectivity index (χ0) is 8.43. The molecule has 0 fully saturated rings. The van der Waals surface area contributed by atoms with Gasteiger partial charge in [0, 0.05) is 0 Å². The van der Waals surface area contributed by atoms with Crippen LogP contribution in [-0.4, -0.2) is 42.6 Å². The number of hydrogen-bond donors (Lipinski definition) is 2. The van der Waals surface area contributed by atoms with Gasteiger partial charge in [0.1, 0.15) is 0 Å². The van der Waals surface area contributed by atoms with Crippen molar-refractivity contribution in [2.24, 2.45) is 0 Å². The first-order valence-electron chi connectivity index (χ1n) is 2.65. The van der Waals surface area contributed by atoms with Gasteiger partial charge >= 0.3 is 71.5 Å². The Kier molecular flexibility index (Phi) is 2.32. The third kappa shape index (κ3) is 1.62. The van der Waals surface area contributed by atoms with Crippen LogP contribution in [0.3, 0.4) is 0 Å². The molecule has 0 aliphatic carbocycles. The second-order valence-corrected chi connectivity index (χ2v) is 3.93. The molecule has 1 rings (SSSR count). The Morgan fingerprint density at radius 3 is 1.73 bits per heavy atom. The van der Waals surface area contributed by atoms with E-state index >= 15 is 0 Å². The van der Waals surface area contributed by atoms with E-state index in [-0.39, 0.29) is 11.1 Å². The summed E-state index contributed by atoms with van der Waals surface area (Å²) in [6, 6.07) is 0. The van der Waals surface area contributed by atoms with Gasteiger partial charge in [0.2, 0.25) is 0 Å². The number of carboxylic acids is 2. The Morgan fingerprint density at radius 1 is 1.09 bits per heavy atom. The fourth-order valence-corrected chi connectivity index (χ4v) is 2.90. The molecule has 2 N–H and O–H groups in total. The summed E-state index contributed by atoms with van der Waals surface area (Å²) in [7, 11) is 0. The van der Waals surface area contributed by atoms with Crippen molar-refractivity contribution >= 4 is 32.4 Å². The normalized spacial score (nSPS) is 9.45.